The minimum absolute atomic E-state index is 0.0641. The number of fused-ring (bicyclic) bond motifs is 1. The fourth-order valence-electron chi connectivity index (χ4n) is 5.43. The van der Waals surface area contributed by atoms with Gasteiger partial charge in [0.1, 0.15) is 0 Å². The van der Waals surface area contributed by atoms with Gasteiger partial charge in [0.15, 0.2) is 6.29 Å². The van der Waals surface area contributed by atoms with Gasteiger partial charge in [0.2, 0.25) is 5.78 Å². The molecular formula is C23H31N5O3. The van der Waals surface area contributed by atoms with Gasteiger partial charge < -0.3 is 15.5 Å². The maximum absolute atomic E-state index is 12.9. The van der Waals surface area contributed by atoms with Crippen LogP contribution in [0.1, 0.15) is 34.3 Å². The molecule has 1 aromatic carbocycles. The SMILES string of the molecule is O=CC(=O)C1CCC(N2Cc3cc(CN4CC(N5CCNCC5)C4)ccc3C2=O)CN1. The maximum Gasteiger partial charge on any atom is 0.254 e. The molecule has 166 valence electrons. The van der Waals surface area contributed by atoms with Crippen LogP contribution in [0.25, 0.3) is 0 Å². The Balaban J connectivity index is 1.15. The van der Waals surface area contributed by atoms with E-state index >= 15 is 0 Å². The minimum atomic E-state index is -0.401. The molecule has 3 saturated heterocycles. The first-order chi connectivity index (χ1) is 15.1. The van der Waals surface area contributed by atoms with Gasteiger partial charge in [-0.25, -0.2) is 0 Å². The Kier molecular flexibility index (Phi) is 5.88. The van der Waals surface area contributed by atoms with Gasteiger partial charge in [-0.15, -0.1) is 0 Å². The van der Waals surface area contributed by atoms with E-state index in [4.69, 9.17) is 0 Å². The number of amides is 1. The lowest BCUT2D eigenvalue weighted by Gasteiger charge is -2.47. The molecule has 3 fully saturated rings. The quantitative estimate of drug-likeness (QED) is 0.475. The van der Waals surface area contributed by atoms with Gasteiger partial charge in [-0.3, -0.25) is 24.2 Å². The van der Waals surface area contributed by atoms with Crippen LogP contribution >= 0.6 is 0 Å². The van der Waals surface area contributed by atoms with Crippen LogP contribution in [0, 0.1) is 0 Å². The van der Waals surface area contributed by atoms with Crippen LogP contribution in [-0.4, -0.2) is 96.6 Å². The van der Waals surface area contributed by atoms with Gasteiger partial charge in [0, 0.05) is 76.5 Å². The molecule has 1 amide bonds. The number of Topliss-reactive ketones (excluding diaryl/α,β-unsaturated/α-hetero) is 1. The van der Waals surface area contributed by atoms with Crippen molar-refractivity contribution in [2.24, 2.45) is 0 Å². The first kappa shape index (κ1) is 20.8. The second kappa shape index (κ2) is 8.78. The molecule has 0 spiro atoms. The number of carbonyl (C=O) groups is 3. The fourth-order valence-corrected chi connectivity index (χ4v) is 5.43. The van der Waals surface area contributed by atoms with Crippen LogP contribution in [0.4, 0.5) is 0 Å². The molecular weight excluding hydrogens is 394 g/mol. The number of hydrogen-bond donors (Lipinski definition) is 2. The molecule has 2 unspecified atom stereocenters. The number of nitrogens with zero attached hydrogens (tertiary/aromatic N) is 3. The molecule has 0 saturated carbocycles. The Morgan fingerprint density at radius 1 is 1.13 bits per heavy atom. The summed E-state index contributed by atoms with van der Waals surface area (Å²) in [6, 6.07) is 6.62. The van der Waals surface area contributed by atoms with Gasteiger partial charge in [0.25, 0.3) is 5.91 Å². The summed E-state index contributed by atoms with van der Waals surface area (Å²) in [6.45, 7) is 8.84. The Hall–Kier alpha value is -2.13. The van der Waals surface area contributed by atoms with Gasteiger partial charge in [-0.2, -0.15) is 0 Å². The first-order valence-electron chi connectivity index (χ1n) is 11.4. The van der Waals surface area contributed by atoms with E-state index in [1.54, 1.807) is 0 Å². The molecule has 2 atom stereocenters. The normalized spacial score (nSPS) is 27.7. The van der Waals surface area contributed by atoms with Crippen molar-refractivity contribution in [2.45, 2.75) is 44.1 Å². The number of carbonyl (C=O) groups excluding carboxylic acids is 3. The smallest absolute Gasteiger partial charge is 0.254 e. The molecule has 1 aromatic rings. The van der Waals surface area contributed by atoms with Crippen molar-refractivity contribution in [3.05, 3.63) is 34.9 Å². The molecule has 0 bridgehead atoms. The Morgan fingerprint density at radius 3 is 2.65 bits per heavy atom. The van der Waals surface area contributed by atoms with Gasteiger partial charge >= 0.3 is 0 Å². The van der Waals surface area contributed by atoms with E-state index in [0.29, 0.717) is 31.8 Å². The molecule has 2 N–H and O–H groups in total. The number of piperazine rings is 1. The highest BCUT2D eigenvalue weighted by atomic mass is 16.2. The zero-order valence-electron chi connectivity index (χ0n) is 17.9. The number of likely N-dealkylation sites (tertiary alicyclic amines) is 1. The predicted octanol–water partition coefficient (Wildman–Crippen LogP) is -0.380. The molecule has 8 heteroatoms. The van der Waals surface area contributed by atoms with E-state index in [-0.39, 0.29) is 11.9 Å². The molecule has 4 aliphatic heterocycles. The minimum Gasteiger partial charge on any atom is -0.330 e. The third kappa shape index (κ3) is 4.17. The summed E-state index contributed by atoms with van der Waals surface area (Å²) < 4.78 is 0. The number of ketones is 1. The van der Waals surface area contributed by atoms with Crippen molar-refractivity contribution in [2.75, 3.05) is 45.8 Å². The molecule has 4 heterocycles. The third-order valence-electron chi connectivity index (χ3n) is 7.30. The van der Waals surface area contributed by atoms with Gasteiger partial charge in [0.05, 0.1) is 6.04 Å². The highest BCUT2D eigenvalue weighted by Gasteiger charge is 2.36. The van der Waals surface area contributed by atoms with Crippen LogP contribution in [0.5, 0.6) is 0 Å². The zero-order chi connectivity index (χ0) is 21.4. The molecule has 5 rings (SSSR count). The van der Waals surface area contributed by atoms with Crippen molar-refractivity contribution >= 4 is 18.0 Å². The average molecular weight is 426 g/mol. The van der Waals surface area contributed by atoms with Crippen LogP contribution in [0.15, 0.2) is 18.2 Å². The number of aldehydes is 1. The Bertz CT molecular complexity index is 855. The lowest BCUT2D eigenvalue weighted by atomic mass is 9.97. The zero-order valence-corrected chi connectivity index (χ0v) is 17.9. The first-order valence-corrected chi connectivity index (χ1v) is 11.4. The highest BCUT2D eigenvalue weighted by Crippen LogP contribution is 2.29. The molecule has 0 radical (unpaired) electrons. The van der Waals surface area contributed by atoms with Crippen LogP contribution in [-0.2, 0) is 22.7 Å². The standard InChI is InChI=1S/C23H31N5O3/c29-15-22(30)21-4-2-18(10-25-21)28-12-17-9-16(1-3-20(17)23(28)31)11-26-13-19(14-26)27-7-5-24-6-8-27/h1,3,9,15,18-19,21,24-25H,2,4-8,10-14H2. The summed E-state index contributed by atoms with van der Waals surface area (Å²) in [5.74, 6) is -0.319. The highest BCUT2D eigenvalue weighted by molar-refractivity contribution is 6.27. The summed E-state index contributed by atoms with van der Waals surface area (Å²) in [7, 11) is 0. The summed E-state index contributed by atoms with van der Waals surface area (Å²) >= 11 is 0. The second-order valence-corrected chi connectivity index (χ2v) is 9.27. The van der Waals surface area contributed by atoms with Crippen molar-refractivity contribution in [3.63, 3.8) is 0 Å². The van der Waals surface area contributed by atoms with E-state index in [0.717, 1.165) is 63.4 Å². The average Bonchev–Trinajstić information content (AvgIpc) is 3.12. The lowest BCUT2D eigenvalue weighted by molar-refractivity contribution is -0.131. The number of hydrogen-bond acceptors (Lipinski definition) is 7. The Morgan fingerprint density at radius 2 is 1.94 bits per heavy atom. The summed E-state index contributed by atoms with van der Waals surface area (Å²) in [4.78, 5) is 42.2. The maximum atomic E-state index is 12.9. The monoisotopic (exact) mass is 425 g/mol. The molecule has 0 aliphatic carbocycles. The Labute approximate surface area is 182 Å². The topological polar surface area (TPSA) is 85.0 Å². The van der Waals surface area contributed by atoms with Crippen molar-refractivity contribution in [3.8, 4) is 0 Å². The molecule has 31 heavy (non-hydrogen) atoms. The van der Waals surface area contributed by atoms with Crippen LogP contribution in [0.3, 0.4) is 0 Å². The van der Waals surface area contributed by atoms with Crippen LogP contribution < -0.4 is 10.6 Å². The van der Waals surface area contributed by atoms with Crippen molar-refractivity contribution in [1.82, 2.24) is 25.3 Å². The largest absolute Gasteiger partial charge is 0.330 e. The van der Waals surface area contributed by atoms with E-state index in [1.165, 1.54) is 5.56 Å². The lowest BCUT2D eigenvalue weighted by Crippen LogP contribution is -2.62. The fraction of sp³-hybridized carbons (Fsp3) is 0.609. The van der Waals surface area contributed by atoms with E-state index in [9.17, 15) is 14.4 Å². The number of benzene rings is 1. The second-order valence-electron chi connectivity index (χ2n) is 9.27. The molecule has 4 aliphatic rings. The number of rotatable bonds is 6. The number of piperidine rings is 1. The number of nitrogens with one attached hydrogen (secondary N) is 2. The van der Waals surface area contributed by atoms with Crippen LogP contribution in [0.2, 0.25) is 0 Å². The van der Waals surface area contributed by atoms with Crippen molar-refractivity contribution in [1.29, 1.82) is 0 Å². The van der Waals surface area contributed by atoms with Gasteiger partial charge in [-0.05, 0) is 30.0 Å². The molecule has 0 aromatic heterocycles. The predicted molar refractivity (Wildman–Crippen MR) is 116 cm³/mol. The van der Waals surface area contributed by atoms with E-state index in [1.807, 2.05) is 11.0 Å². The third-order valence-corrected chi connectivity index (χ3v) is 7.30. The van der Waals surface area contributed by atoms with E-state index in [2.05, 4.69) is 32.6 Å². The summed E-state index contributed by atoms with van der Waals surface area (Å²) in [5.41, 5.74) is 3.18. The van der Waals surface area contributed by atoms with Gasteiger partial charge in [-0.1, -0.05) is 12.1 Å². The molecule has 8 nitrogen and oxygen atoms in total. The summed E-state index contributed by atoms with van der Waals surface area (Å²) in [5, 5.41) is 6.55. The van der Waals surface area contributed by atoms with E-state index < -0.39 is 11.8 Å². The van der Waals surface area contributed by atoms with Crippen molar-refractivity contribution < 1.29 is 14.4 Å². The summed E-state index contributed by atoms with van der Waals surface area (Å²) in [6.07, 6.45) is 1.72.